The standard InChI is InChI=1S/C10H22O.C5H13N/c1-3-5-7-9-11-10-8-6-4-2;1-2-3-4-5-6/h3-10H2,1-2H3;2-6H2,1H3. The first-order valence-electron chi connectivity index (χ1n) is 7.61. The minimum Gasteiger partial charge on any atom is -0.381 e. The largest absolute Gasteiger partial charge is 0.381 e. The normalized spacial score (nSPS) is 9.88. The van der Waals surface area contributed by atoms with E-state index in [-0.39, 0.29) is 0 Å². The van der Waals surface area contributed by atoms with Crippen molar-refractivity contribution in [1.82, 2.24) is 0 Å². The maximum Gasteiger partial charge on any atom is 0.0466 e. The molecule has 0 aromatic carbocycles. The van der Waals surface area contributed by atoms with Gasteiger partial charge in [-0.15, -0.1) is 0 Å². The minimum atomic E-state index is 0.855. The van der Waals surface area contributed by atoms with Crippen molar-refractivity contribution >= 4 is 0 Å². The number of ether oxygens (including phenoxy) is 1. The molecule has 106 valence electrons. The molecule has 0 radical (unpaired) electrons. The number of unbranched alkanes of at least 4 members (excludes halogenated alkanes) is 6. The van der Waals surface area contributed by atoms with Crippen LogP contribution >= 0.6 is 0 Å². The van der Waals surface area contributed by atoms with Crippen molar-refractivity contribution in [1.29, 1.82) is 0 Å². The molecule has 17 heavy (non-hydrogen) atoms. The summed E-state index contributed by atoms with van der Waals surface area (Å²) in [6.45, 7) is 9.41. The zero-order chi connectivity index (χ0) is 13.2. The average molecular weight is 245 g/mol. The Bertz CT molecular complexity index is 95.1. The molecule has 0 heterocycles. The van der Waals surface area contributed by atoms with Crippen LogP contribution in [0.2, 0.25) is 0 Å². The Morgan fingerprint density at radius 1 is 0.647 bits per heavy atom. The van der Waals surface area contributed by atoms with E-state index in [1.165, 1.54) is 57.8 Å². The van der Waals surface area contributed by atoms with Crippen LogP contribution in [0.1, 0.15) is 78.6 Å². The number of hydrogen-bond donors (Lipinski definition) is 1. The van der Waals surface area contributed by atoms with E-state index in [2.05, 4.69) is 20.8 Å². The van der Waals surface area contributed by atoms with E-state index in [1.807, 2.05) is 0 Å². The van der Waals surface area contributed by atoms with Gasteiger partial charge in [0.15, 0.2) is 0 Å². The summed E-state index contributed by atoms with van der Waals surface area (Å²) in [5, 5.41) is 0. The topological polar surface area (TPSA) is 35.2 Å². The first-order chi connectivity index (χ1) is 8.33. The zero-order valence-corrected chi connectivity index (χ0v) is 12.5. The molecule has 0 saturated carbocycles. The van der Waals surface area contributed by atoms with Crippen LogP contribution in [0.15, 0.2) is 0 Å². The van der Waals surface area contributed by atoms with Crippen molar-refractivity contribution in [3.8, 4) is 0 Å². The van der Waals surface area contributed by atoms with Crippen molar-refractivity contribution in [2.24, 2.45) is 5.73 Å². The maximum atomic E-state index is 5.44. The van der Waals surface area contributed by atoms with E-state index in [4.69, 9.17) is 10.5 Å². The van der Waals surface area contributed by atoms with E-state index in [0.717, 1.165) is 19.8 Å². The Balaban J connectivity index is 0. The van der Waals surface area contributed by atoms with Gasteiger partial charge in [-0.25, -0.2) is 0 Å². The fraction of sp³-hybridized carbons (Fsp3) is 1.00. The highest BCUT2D eigenvalue weighted by atomic mass is 16.5. The minimum absolute atomic E-state index is 0.855. The van der Waals surface area contributed by atoms with E-state index in [1.54, 1.807) is 0 Å². The predicted molar refractivity (Wildman–Crippen MR) is 78.4 cm³/mol. The Labute approximate surface area is 109 Å². The van der Waals surface area contributed by atoms with E-state index < -0.39 is 0 Å². The van der Waals surface area contributed by atoms with Gasteiger partial charge in [0.05, 0.1) is 0 Å². The molecule has 2 nitrogen and oxygen atoms in total. The smallest absolute Gasteiger partial charge is 0.0466 e. The van der Waals surface area contributed by atoms with Gasteiger partial charge in [0, 0.05) is 13.2 Å². The third-order valence-corrected chi connectivity index (χ3v) is 2.59. The Kier molecular flexibility index (Phi) is 24.1. The van der Waals surface area contributed by atoms with Gasteiger partial charge in [-0.2, -0.15) is 0 Å². The molecule has 0 aromatic rings. The van der Waals surface area contributed by atoms with Gasteiger partial charge in [-0.1, -0.05) is 59.3 Å². The molecule has 0 rings (SSSR count). The van der Waals surface area contributed by atoms with Gasteiger partial charge >= 0.3 is 0 Å². The van der Waals surface area contributed by atoms with Crippen LogP contribution in [0.3, 0.4) is 0 Å². The lowest BCUT2D eigenvalue weighted by atomic mass is 10.2. The van der Waals surface area contributed by atoms with Crippen LogP contribution in [0.5, 0.6) is 0 Å². The lowest BCUT2D eigenvalue weighted by Crippen LogP contribution is -1.96. The van der Waals surface area contributed by atoms with Gasteiger partial charge in [0.25, 0.3) is 0 Å². The molecule has 0 atom stereocenters. The predicted octanol–water partition coefficient (Wildman–Crippen LogP) is 4.52. The van der Waals surface area contributed by atoms with Gasteiger partial charge < -0.3 is 10.5 Å². The first kappa shape index (κ1) is 19.3. The van der Waals surface area contributed by atoms with Gasteiger partial charge in [0.2, 0.25) is 0 Å². The monoisotopic (exact) mass is 245 g/mol. The second kappa shape index (κ2) is 21.2. The van der Waals surface area contributed by atoms with Gasteiger partial charge in [-0.05, 0) is 25.8 Å². The third-order valence-electron chi connectivity index (χ3n) is 2.59. The summed E-state index contributed by atoms with van der Waals surface area (Å²) in [6.07, 6.45) is 11.4. The van der Waals surface area contributed by atoms with E-state index in [9.17, 15) is 0 Å². The van der Waals surface area contributed by atoms with E-state index in [0.29, 0.717) is 0 Å². The van der Waals surface area contributed by atoms with Crippen LogP contribution in [0.4, 0.5) is 0 Å². The van der Waals surface area contributed by atoms with Gasteiger partial charge in [0.1, 0.15) is 0 Å². The quantitative estimate of drug-likeness (QED) is 0.543. The molecule has 0 fully saturated rings. The summed E-state index contributed by atoms with van der Waals surface area (Å²) in [5.74, 6) is 0. The molecule has 2 N–H and O–H groups in total. The van der Waals surface area contributed by atoms with Crippen LogP contribution in [0, 0.1) is 0 Å². The fourth-order valence-corrected chi connectivity index (χ4v) is 1.40. The third kappa shape index (κ3) is 25.9. The zero-order valence-electron chi connectivity index (χ0n) is 12.5. The molecular weight excluding hydrogens is 210 g/mol. The van der Waals surface area contributed by atoms with Crippen molar-refractivity contribution in [3.05, 3.63) is 0 Å². The Morgan fingerprint density at radius 3 is 1.35 bits per heavy atom. The Morgan fingerprint density at radius 2 is 1.06 bits per heavy atom. The van der Waals surface area contributed by atoms with Crippen LogP contribution in [-0.2, 0) is 4.74 Å². The summed E-state index contributed by atoms with van der Waals surface area (Å²) >= 11 is 0. The summed E-state index contributed by atoms with van der Waals surface area (Å²) in [5.41, 5.74) is 5.21. The highest BCUT2D eigenvalue weighted by Gasteiger charge is 1.88. The molecule has 0 aliphatic carbocycles. The first-order valence-corrected chi connectivity index (χ1v) is 7.61. The van der Waals surface area contributed by atoms with Crippen LogP contribution in [-0.4, -0.2) is 19.8 Å². The number of rotatable bonds is 11. The lowest BCUT2D eigenvalue weighted by molar-refractivity contribution is 0.126. The second-order valence-electron chi connectivity index (χ2n) is 4.52. The van der Waals surface area contributed by atoms with Crippen molar-refractivity contribution in [3.63, 3.8) is 0 Å². The molecule has 0 unspecified atom stereocenters. The molecular formula is C15H35NO. The van der Waals surface area contributed by atoms with Gasteiger partial charge in [-0.3, -0.25) is 0 Å². The molecule has 0 amide bonds. The number of hydrogen-bond acceptors (Lipinski definition) is 2. The Hall–Kier alpha value is -0.0800. The summed E-state index contributed by atoms with van der Waals surface area (Å²) in [6, 6.07) is 0. The van der Waals surface area contributed by atoms with Crippen LogP contribution in [0.25, 0.3) is 0 Å². The molecule has 0 aliphatic rings. The highest BCUT2D eigenvalue weighted by molar-refractivity contribution is 4.38. The average Bonchev–Trinajstić information content (AvgIpc) is 2.36. The fourth-order valence-electron chi connectivity index (χ4n) is 1.40. The molecule has 0 bridgehead atoms. The van der Waals surface area contributed by atoms with E-state index >= 15 is 0 Å². The highest BCUT2D eigenvalue weighted by Crippen LogP contribution is 1.97. The SMILES string of the molecule is CCCCCN.CCCCCOCCCCC. The summed E-state index contributed by atoms with van der Waals surface area (Å²) in [7, 11) is 0. The second-order valence-corrected chi connectivity index (χ2v) is 4.52. The number of nitrogens with two attached hydrogens (primary N) is 1. The molecule has 2 heteroatoms. The molecule has 0 aromatic heterocycles. The lowest BCUT2D eigenvalue weighted by Gasteiger charge is -2.01. The van der Waals surface area contributed by atoms with Crippen LogP contribution < -0.4 is 5.73 Å². The molecule has 0 aliphatic heterocycles. The summed E-state index contributed by atoms with van der Waals surface area (Å²) < 4.78 is 5.44. The molecule has 0 saturated heterocycles. The maximum absolute atomic E-state index is 5.44. The summed E-state index contributed by atoms with van der Waals surface area (Å²) in [4.78, 5) is 0. The molecule has 0 spiro atoms. The van der Waals surface area contributed by atoms with Crippen molar-refractivity contribution in [2.75, 3.05) is 19.8 Å². The van der Waals surface area contributed by atoms with Crippen molar-refractivity contribution < 1.29 is 4.74 Å². The van der Waals surface area contributed by atoms with Crippen molar-refractivity contribution in [2.45, 2.75) is 78.6 Å².